The van der Waals surface area contributed by atoms with Crippen molar-refractivity contribution in [2.75, 3.05) is 19.8 Å². The number of benzene rings is 3. The molecule has 3 aromatic rings. The molecule has 4 heteroatoms. The summed E-state index contributed by atoms with van der Waals surface area (Å²) in [5, 5.41) is 0. The van der Waals surface area contributed by atoms with E-state index in [0.29, 0.717) is 13.2 Å². The minimum Gasteiger partial charge on any atom is -0.360 e. The van der Waals surface area contributed by atoms with E-state index in [2.05, 4.69) is 42.3 Å². The van der Waals surface area contributed by atoms with Crippen molar-refractivity contribution >= 4 is 0 Å². The Balaban J connectivity index is 1.75. The van der Waals surface area contributed by atoms with Crippen molar-refractivity contribution in [2.24, 2.45) is 0 Å². The van der Waals surface area contributed by atoms with Gasteiger partial charge in [-0.2, -0.15) is 0 Å². The molecule has 3 aromatic carbocycles. The molecule has 4 nitrogen and oxygen atoms in total. The van der Waals surface area contributed by atoms with E-state index in [1.165, 1.54) is 0 Å². The summed E-state index contributed by atoms with van der Waals surface area (Å²) in [5.41, 5.74) is 2.31. The molecule has 1 aliphatic heterocycles. The van der Waals surface area contributed by atoms with Gasteiger partial charge in [0, 0.05) is 0 Å². The van der Waals surface area contributed by atoms with Gasteiger partial charge in [-0.05, 0) is 23.6 Å². The van der Waals surface area contributed by atoms with Crippen LogP contribution in [0.1, 0.15) is 23.6 Å². The van der Waals surface area contributed by atoms with Crippen molar-refractivity contribution in [1.82, 2.24) is 0 Å². The van der Waals surface area contributed by atoms with E-state index in [4.69, 9.17) is 25.4 Å². The van der Waals surface area contributed by atoms with Crippen LogP contribution in [-0.4, -0.2) is 38.3 Å². The second-order valence-electron chi connectivity index (χ2n) is 7.72. The van der Waals surface area contributed by atoms with Crippen molar-refractivity contribution in [1.29, 1.82) is 0 Å². The van der Waals surface area contributed by atoms with Gasteiger partial charge in [0.1, 0.15) is 24.4 Å². The molecule has 0 aliphatic carbocycles. The van der Waals surface area contributed by atoms with Gasteiger partial charge < -0.3 is 18.9 Å². The predicted octanol–water partition coefficient (Wildman–Crippen LogP) is 4.77. The SMILES string of the molecule is C#CCO[C@@H]1CO[C@H](C)O[C@@H]1COC(c1ccccc1)(c1ccccc1)c1ccccc1. The van der Waals surface area contributed by atoms with Crippen LogP contribution < -0.4 is 0 Å². The molecule has 32 heavy (non-hydrogen) atoms. The molecule has 1 heterocycles. The molecular weight excluding hydrogens is 400 g/mol. The van der Waals surface area contributed by atoms with Gasteiger partial charge in [0.05, 0.1) is 13.2 Å². The normalized spacial score (nSPS) is 21.1. The van der Waals surface area contributed by atoms with E-state index in [-0.39, 0.29) is 25.1 Å². The number of rotatable bonds is 8. The van der Waals surface area contributed by atoms with Crippen LogP contribution in [0.3, 0.4) is 0 Å². The molecule has 0 spiro atoms. The zero-order valence-corrected chi connectivity index (χ0v) is 18.2. The molecule has 4 rings (SSSR count). The Hall–Kier alpha value is -2.94. The molecule has 0 aromatic heterocycles. The zero-order valence-electron chi connectivity index (χ0n) is 18.2. The molecule has 0 amide bonds. The van der Waals surface area contributed by atoms with Crippen LogP contribution in [0.5, 0.6) is 0 Å². The summed E-state index contributed by atoms with van der Waals surface area (Å²) >= 11 is 0. The van der Waals surface area contributed by atoms with Crippen LogP contribution in [0.4, 0.5) is 0 Å². The highest BCUT2D eigenvalue weighted by Crippen LogP contribution is 2.40. The van der Waals surface area contributed by atoms with Crippen LogP contribution in [0, 0.1) is 12.3 Å². The number of terminal acetylenes is 1. The van der Waals surface area contributed by atoms with E-state index in [1.807, 2.05) is 61.5 Å². The number of hydrogen-bond donors (Lipinski definition) is 0. The van der Waals surface area contributed by atoms with Crippen LogP contribution in [0.15, 0.2) is 91.0 Å². The van der Waals surface area contributed by atoms with E-state index in [1.54, 1.807) is 0 Å². The Morgan fingerprint density at radius 3 is 1.84 bits per heavy atom. The number of hydrogen-bond acceptors (Lipinski definition) is 4. The van der Waals surface area contributed by atoms with Crippen molar-refractivity contribution < 1.29 is 18.9 Å². The predicted molar refractivity (Wildman–Crippen MR) is 124 cm³/mol. The molecule has 0 N–H and O–H groups in total. The highest BCUT2D eigenvalue weighted by molar-refractivity contribution is 5.47. The first-order chi connectivity index (χ1) is 15.7. The Morgan fingerprint density at radius 1 is 0.875 bits per heavy atom. The molecule has 0 bridgehead atoms. The Bertz CT molecular complexity index is 901. The molecule has 1 aliphatic rings. The van der Waals surface area contributed by atoms with Crippen LogP contribution in [-0.2, 0) is 24.5 Å². The van der Waals surface area contributed by atoms with Gasteiger partial charge in [0.25, 0.3) is 0 Å². The Kier molecular flexibility index (Phi) is 7.36. The second kappa shape index (κ2) is 10.6. The smallest absolute Gasteiger partial charge is 0.155 e. The first kappa shape index (κ1) is 22.3. The quantitative estimate of drug-likeness (QED) is 0.382. The maximum atomic E-state index is 6.87. The lowest BCUT2D eigenvalue weighted by Gasteiger charge is -2.40. The molecule has 1 saturated heterocycles. The van der Waals surface area contributed by atoms with Gasteiger partial charge >= 0.3 is 0 Å². The lowest BCUT2D eigenvalue weighted by Crippen LogP contribution is -2.48. The number of ether oxygens (including phenoxy) is 4. The standard InChI is InChI=1S/C28H28O4/c1-3-19-29-26-20-30-22(2)32-27(26)21-31-28(23-13-7-4-8-14-23,24-15-9-5-10-16-24)25-17-11-6-12-18-25/h1,4-18,22,26-27H,19-21H2,2H3/t22-,26+,27+/m0/s1. The first-order valence-corrected chi connectivity index (χ1v) is 10.9. The van der Waals surface area contributed by atoms with E-state index < -0.39 is 5.60 Å². The van der Waals surface area contributed by atoms with Gasteiger partial charge in [-0.25, -0.2) is 0 Å². The van der Waals surface area contributed by atoms with Crippen LogP contribution in [0.2, 0.25) is 0 Å². The fourth-order valence-electron chi connectivity index (χ4n) is 4.14. The lowest BCUT2D eigenvalue weighted by atomic mass is 9.80. The van der Waals surface area contributed by atoms with Gasteiger partial charge in [-0.15, -0.1) is 6.42 Å². The first-order valence-electron chi connectivity index (χ1n) is 10.9. The molecule has 0 radical (unpaired) electrons. The van der Waals surface area contributed by atoms with Crippen molar-refractivity contribution in [3.05, 3.63) is 108 Å². The van der Waals surface area contributed by atoms with Gasteiger partial charge in [-0.1, -0.05) is 96.9 Å². The lowest BCUT2D eigenvalue weighted by molar-refractivity contribution is -0.265. The molecule has 0 unspecified atom stereocenters. The summed E-state index contributed by atoms with van der Waals surface area (Å²) in [6, 6.07) is 30.8. The summed E-state index contributed by atoms with van der Waals surface area (Å²) in [6.07, 6.45) is 4.44. The molecule has 0 saturated carbocycles. The highest BCUT2D eigenvalue weighted by Gasteiger charge is 2.40. The van der Waals surface area contributed by atoms with Crippen molar-refractivity contribution in [3.8, 4) is 12.3 Å². The van der Waals surface area contributed by atoms with E-state index >= 15 is 0 Å². The van der Waals surface area contributed by atoms with Gasteiger partial charge in [0.2, 0.25) is 0 Å². The fraction of sp³-hybridized carbons (Fsp3) is 0.286. The van der Waals surface area contributed by atoms with E-state index in [0.717, 1.165) is 16.7 Å². The van der Waals surface area contributed by atoms with E-state index in [9.17, 15) is 0 Å². The van der Waals surface area contributed by atoms with Crippen LogP contribution >= 0.6 is 0 Å². The summed E-state index contributed by atoms with van der Waals surface area (Å²) in [6.45, 7) is 2.79. The molecule has 3 atom stereocenters. The summed E-state index contributed by atoms with van der Waals surface area (Å²) in [4.78, 5) is 0. The molecular formula is C28H28O4. The highest BCUT2D eigenvalue weighted by atomic mass is 16.7. The summed E-state index contributed by atoms with van der Waals surface area (Å²) in [5.74, 6) is 2.52. The maximum absolute atomic E-state index is 6.87. The van der Waals surface area contributed by atoms with Gasteiger partial charge in [0.15, 0.2) is 6.29 Å². The Labute approximate surface area is 190 Å². The summed E-state index contributed by atoms with van der Waals surface area (Å²) < 4.78 is 24.4. The average Bonchev–Trinajstić information content (AvgIpc) is 2.86. The fourth-order valence-corrected chi connectivity index (χ4v) is 4.14. The third-order valence-corrected chi connectivity index (χ3v) is 5.66. The molecule has 164 valence electrons. The van der Waals surface area contributed by atoms with Crippen LogP contribution in [0.25, 0.3) is 0 Å². The Morgan fingerprint density at radius 2 is 1.38 bits per heavy atom. The van der Waals surface area contributed by atoms with Crippen molar-refractivity contribution in [2.45, 2.75) is 31.0 Å². The third kappa shape index (κ3) is 4.77. The second-order valence-corrected chi connectivity index (χ2v) is 7.72. The maximum Gasteiger partial charge on any atom is 0.155 e. The monoisotopic (exact) mass is 428 g/mol. The summed E-state index contributed by atoms with van der Waals surface area (Å²) in [7, 11) is 0. The largest absolute Gasteiger partial charge is 0.360 e. The molecule has 1 fully saturated rings. The minimum absolute atomic E-state index is 0.198. The zero-order chi connectivity index (χ0) is 22.2. The third-order valence-electron chi connectivity index (χ3n) is 5.66. The minimum atomic E-state index is -0.814. The van der Waals surface area contributed by atoms with Crippen molar-refractivity contribution in [3.63, 3.8) is 0 Å². The average molecular weight is 429 g/mol. The topological polar surface area (TPSA) is 36.9 Å². The van der Waals surface area contributed by atoms with Gasteiger partial charge in [-0.3, -0.25) is 0 Å².